The molecule has 4 heterocycles. The van der Waals surface area contributed by atoms with E-state index >= 15 is 0 Å². The summed E-state index contributed by atoms with van der Waals surface area (Å²) in [7, 11) is 1.30. The third-order valence-corrected chi connectivity index (χ3v) is 11.6. The second-order valence-electron chi connectivity index (χ2n) is 12.7. The summed E-state index contributed by atoms with van der Waals surface area (Å²) in [6.45, 7) is 0.677. The number of halogens is 3. The number of piperidine rings is 1. The summed E-state index contributed by atoms with van der Waals surface area (Å²) in [4.78, 5) is 19.2. The van der Waals surface area contributed by atoms with Gasteiger partial charge >= 0.3 is 5.97 Å². The Kier molecular flexibility index (Phi) is 6.74. The number of fused-ring (bicyclic) bond motifs is 3. The molecule has 1 spiro atoms. The maximum Gasteiger partial charge on any atom is 0.338 e. The molecule has 1 N–H and O–H groups in total. The maximum atomic E-state index is 14.9. The number of carbonyl (C=O) groups excluding carboxylic acids is 1. The molecule has 0 amide bonds. The Morgan fingerprint density at radius 3 is 2.53 bits per heavy atom. The van der Waals surface area contributed by atoms with E-state index in [9.17, 15) is 9.18 Å². The molecule has 2 saturated carbocycles. The van der Waals surface area contributed by atoms with Crippen molar-refractivity contribution in [2.75, 3.05) is 12.0 Å². The van der Waals surface area contributed by atoms with Crippen LogP contribution in [0.2, 0.25) is 10.0 Å². The van der Waals surface area contributed by atoms with Crippen LogP contribution in [0.5, 0.6) is 0 Å². The van der Waals surface area contributed by atoms with E-state index in [1.165, 1.54) is 24.5 Å². The van der Waals surface area contributed by atoms with E-state index in [4.69, 9.17) is 37.4 Å². The molecule has 2 aromatic carbocycles. The Morgan fingerprint density at radius 1 is 1.14 bits per heavy atom. The highest BCUT2D eigenvalue weighted by Crippen LogP contribution is 2.57. The molecule has 4 fully saturated rings. The number of hydrogen-bond donors (Lipinski definition) is 1. The number of nitrogens with one attached hydrogen (secondary N) is 1. The van der Waals surface area contributed by atoms with Crippen molar-refractivity contribution in [3.05, 3.63) is 63.1 Å². The molecule has 0 radical (unpaired) electrons. The van der Waals surface area contributed by atoms with Gasteiger partial charge < -0.3 is 19.5 Å². The van der Waals surface area contributed by atoms with Crippen LogP contribution in [0, 0.1) is 11.2 Å². The molecule has 4 aliphatic rings. The number of ether oxygens (including phenoxy) is 1. The van der Waals surface area contributed by atoms with Crippen LogP contribution in [0.25, 0.3) is 21.5 Å². The average molecular weight is 642 g/mol. The molecular weight excluding hydrogens is 610 g/mol. The minimum Gasteiger partial charge on any atom is -0.465 e. The van der Waals surface area contributed by atoms with Crippen LogP contribution in [-0.2, 0) is 11.3 Å². The molecule has 11 heteroatoms. The number of aromatic nitrogens is 2. The standard InChI is InChI=1S/C32H31Cl2FN4O3S/c1-41-30(40)17-9-24(35)28-25(10-17)43-31(37-28)39-19-7-8-20(39)14-32(13-19)11-18(12-32)36-15-21-27(38-42-29(21)16-5-6-16)26-22(33)3-2-4-23(26)34/h2-4,9-10,16,18-20,36H,5-8,11-15H2,1H3/t18?,19-,20+,32?. The third-order valence-electron chi connectivity index (χ3n) is 9.93. The van der Waals surface area contributed by atoms with Gasteiger partial charge in [0.05, 0.1) is 27.4 Å². The largest absolute Gasteiger partial charge is 0.465 e. The molecule has 43 heavy (non-hydrogen) atoms. The van der Waals surface area contributed by atoms with Crippen molar-refractivity contribution >= 4 is 55.9 Å². The minimum atomic E-state index is -0.541. The zero-order chi connectivity index (χ0) is 29.5. The van der Waals surface area contributed by atoms with Gasteiger partial charge in [0.25, 0.3) is 0 Å². The van der Waals surface area contributed by atoms with Gasteiger partial charge in [0.15, 0.2) is 10.9 Å². The predicted octanol–water partition coefficient (Wildman–Crippen LogP) is 8.13. The van der Waals surface area contributed by atoms with Gasteiger partial charge in [-0.05, 0) is 81.0 Å². The molecule has 2 atom stereocenters. The molecule has 2 bridgehead atoms. The first-order chi connectivity index (χ1) is 20.8. The quantitative estimate of drug-likeness (QED) is 0.204. The fraction of sp³-hybridized carbons (Fsp3) is 0.469. The van der Waals surface area contributed by atoms with Crippen molar-refractivity contribution in [3.8, 4) is 11.3 Å². The Morgan fingerprint density at radius 2 is 1.86 bits per heavy atom. The number of hydrogen-bond acceptors (Lipinski definition) is 8. The van der Waals surface area contributed by atoms with E-state index in [2.05, 4.69) is 15.4 Å². The molecule has 2 aromatic heterocycles. The number of benzene rings is 2. The lowest BCUT2D eigenvalue weighted by Gasteiger charge is -2.55. The molecule has 2 saturated heterocycles. The number of anilines is 1. The van der Waals surface area contributed by atoms with Gasteiger partial charge in [-0.15, -0.1) is 0 Å². The highest BCUT2D eigenvalue weighted by molar-refractivity contribution is 7.22. The van der Waals surface area contributed by atoms with Crippen LogP contribution < -0.4 is 10.2 Å². The molecule has 4 aromatic rings. The Bertz CT molecular complexity index is 1710. The van der Waals surface area contributed by atoms with Crippen molar-refractivity contribution in [2.45, 2.75) is 82.0 Å². The van der Waals surface area contributed by atoms with Crippen LogP contribution in [0.15, 0.2) is 34.9 Å². The molecule has 7 nitrogen and oxygen atoms in total. The van der Waals surface area contributed by atoms with Gasteiger partial charge in [-0.3, -0.25) is 0 Å². The second-order valence-corrected chi connectivity index (χ2v) is 14.5. The summed E-state index contributed by atoms with van der Waals surface area (Å²) in [5.74, 6) is 0.368. The van der Waals surface area contributed by atoms with Crippen molar-refractivity contribution in [2.24, 2.45) is 5.41 Å². The van der Waals surface area contributed by atoms with Gasteiger partial charge in [-0.25, -0.2) is 14.2 Å². The highest BCUT2D eigenvalue weighted by Gasteiger charge is 2.54. The fourth-order valence-electron chi connectivity index (χ4n) is 7.87. The van der Waals surface area contributed by atoms with E-state index in [0.717, 1.165) is 79.1 Å². The SMILES string of the molecule is COC(=O)c1cc(F)c2nc(N3[C@@H]4CC[C@H]3CC3(CC(NCc5c(-c6c(Cl)cccc6Cl)noc5C5CC5)C3)C4)sc2c1. The summed E-state index contributed by atoms with van der Waals surface area (Å²) in [6, 6.07) is 9.66. The Labute approximate surface area is 262 Å². The molecule has 2 aliphatic heterocycles. The van der Waals surface area contributed by atoms with E-state index in [1.807, 2.05) is 18.2 Å². The summed E-state index contributed by atoms with van der Waals surface area (Å²) >= 11 is 14.6. The lowest BCUT2D eigenvalue weighted by Crippen LogP contribution is -2.57. The first-order valence-corrected chi connectivity index (χ1v) is 16.5. The van der Waals surface area contributed by atoms with Crippen molar-refractivity contribution in [1.82, 2.24) is 15.5 Å². The highest BCUT2D eigenvalue weighted by atomic mass is 35.5. The van der Waals surface area contributed by atoms with Crippen LogP contribution in [0.4, 0.5) is 9.52 Å². The van der Waals surface area contributed by atoms with Gasteiger partial charge in [0, 0.05) is 41.7 Å². The van der Waals surface area contributed by atoms with Gasteiger partial charge in [-0.2, -0.15) is 0 Å². The molecule has 8 rings (SSSR count). The predicted molar refractivity (Wildman–Crippen MR) is 166 cm³/mol. The van der Waals surface area contributed by atoms with Crippen molar-refractivity contribution < 1.29 is 18.4 Å². The zero-order valence-electron chi connectivity index (χ0n) is 23.7. The second kappa shape index (κ2) is 10.4. The normalized spacial score (nSPS) is 26.3. The monoisotopic (exact) mass is 640 g/mol. The Hall–Kier alpha value is -2.72. The molecule has 224 valence electrons. The first-order valence-electron chi connectivity index (χ1n) is 15.0. The molecule has 2 aliphatic carbocycles. The molecular formula is C32H31Cl2FN4O3S. The third kappa shape index (κ3) is 4.74. The maximum absolute atomic E-state index is 14.9. The lowest BCUT2D eigenvalue weighted by atomic mass is 9.58. The molecule has 0 unspecified atom stereocenters. The number of thiazole rings is 1. The van der Waals surface area contributed by atoms with Crippen LogP contribution in [0.1, 0.15) is 79.0 Å². The number of nitrogens with zero attached hydrogens (tertiary/aromatic N) is 3. The van der Waals surface area contributed by atoms with Crippen molar-refractivity contribution in [1.29, 1.82) is 0 Å². The fourth-order valence-corrected chi connectivity index (χ4v) is 9.61. The first kappa shape index (κ1) is 27.8. The van der Waals surface area contributed by atoms with Gasteiger partial charge in [-0.1, -0.05) is 45.8 Å². The average Bonchev–Trinajstić information content (AvgIpc) is 3.49. The minimum absolute atomic E-state index is 0.216. The number of esters is 1. The number of methoxy groups -OCH3 is 1. The van der Waals surface area contributed by atoms with Crippen LogP contribution >= 0.6 is 34.5 Å². The van der Waals surface area contributed by atoms with Gasteiger partial charge in [0.2, 0.25) is 0 Å². The van der Waals surface area contributed by atoms with E-state index in [-0.39, 0.29) is 5.56 Å². The topological polar surface area (TPSA) is 80.5 Å². The zero-order valence-corrected chi connectivity index (χ0v) is 26.0. The summed E-state index contributed by atoms with van der Waals surface area (Å²) in [6.07, 6.45) is 9.01. The summed E-state index contributed by atoms with van der Waals surface area (Å²) in [5, 5.41) is 10.3. The van der Waals surface area contributed by atoms with Crippen LogP contribution in [-0.4, -0.2) is 41.3 Å². The van der Waals surface area contributed by atoms with E-state index in [0.29, 0.717) is 56.3 Å². The number of rotatable bonds is 7. The summed E-state index contributed by atoms with van der Waals surface area (Å²) < 4.78 is 26.2. The van der Waals surface area contributed by atoms with Crippen LogP contribution in [0.3, 0.4) is 0 Å². The number of carbonyl (C=O) groups is 1. The Balaban J connectivity index is 0.961. The van der Waals surface area contributed by atoms with Gasteiger partial charge in [0.1, 0.15) is 17.0 Å². The van der Waals surface area contributed by atoms with E-state index < -0.39 is 11.8 Å². The van der Waals surface area contributed by atoms with Crippen molar-refractivity contribution in [3.63, 3.8) is 0 Å². The smallest absolute Gasteiger partial charge is 0.338 e. The lowest BCUT2D eigenvalue weighted by molar-refractivity contribution is 0.0348. The van der Waals surface area contributed by atoms with E-state index in [1.54, 1.807) is 6.07 Å². The summed E-state index contributed by atoms with van der Waals surface area (Å²) in [5.41, 5.74) is 3.43.